The highest BCUT2D eigenvalue weighted by atomic mass is 16.5. The average molecular weight is 559 g/mol. The molecule has 6 heteroatoms. The van der Waals surface area contributed by atoms with E-state index in [9.17, 15) is 14.7 Å². The van der Waals surface area contributed by atoms with Gasteiger partial charge < -0.3 is 19.6 Å². The minimum atomic E-state index is -0.903. The third kappa shape index (κ3) is 5.07. The number of amides is 1. The molecule has 2 aliphatic carbocycles. The predicted octanol–water partition coefficient (Wildman–Crippen LogP) is 7.15. The second-order valence-corrected chi connectivity index (χ2v) is 12.9. The Morgan fingerprint density at radius 3 is 2.22 bits per heavy atom. The zero-order chi connectivity index (χ0) is 28.6. The minimum absolute atomic E-state index is 0.125. The van der Waals surface area contributed by atoms with E-state index in [1.54, 1.807) is 6.07 Å². The molecule has 0 bridgehead atoms. The first kappa shape index (κ1) is 28.3. The van der Waals surface area contributed by atoms with Crippen LogP contribution in [0.4, 0.5) is 5.69 Å². The Morgan fingerprint density at radius 2 is 1.61 bits per heavy atom. The van der Waals surface area contributed by atoms with Crippen molar-refractivity contribution < 1.29 is 19.4 Å². The molecule has 1 N–H and O–H groups in total. The molecule has 6 nitrogen and oxygen atoms in total. The van der Waals surface area contributed by atoms with Crippen molar-refractivity contribution >= 4 is 17.6 Å². The molecule has 4 atom stereocenters. The highest BCUT2D eigenvalue weighted by molar-refractivity contribution is 5.91. The number of morpholine rings is 1. The lowest BCUT2D eigenvalue weighted by molar-refractivity contribution is -0.141. The van der Waals surface area contributed by atoms with Gasteiger partial charge in [0.2, 0.25) is 5.91 Å². The molecule has 2 aromatic carbocycles. The Bertz CT molecular complexity index is 1260. The lowest BCUT2D eigenvalue weighted by atomic mass is 9.75. The number of fused-ring (bicyclic) bond motifs is 7. The van der Waals surface area contributed by atoms with Crippen LogP contribution in [0.15, 0.2) is 42.5 Å². The number of hydrogen-bond acceptors (Lipinski definition) is 4. The first-order valence-corrected chi connectivity index (χ1v) is 16.1. The highest BCUT2D eigenvalue weighted by Crippen LogP contribution is 2.68. The van der Waals surface area contributed by atoms with Crippen molar-refractivity contribution in [2.45, 2.75) is 89.5 Å². The van der Waals surface area contributed by atoms with E-state index in [2.05, 4.69) is 49.1 Å². The van der Waals surface area contributed by atoms with E-state index in [4.69, 9.17) is 4.74 Å². The van der Waals surface area contributed by atoms with Crippen LogP contribution in [0.5, 0.6) is 0 Å². The second-order valence-electron chi connectivity index (χ2n) is 12.9. The van der Waals surface area contributed by atoms with Crippen LogP contribution in [-0.2, 0) is 9.53 Å². The van der Waals surface area contributed by atoms with Crippen molar-refractivity contribution in [2.75, 3.05) is 37.7 Å². The van der Waals surface area contributed by atoms with Crippen LogP contribution < -0.4 is 4.90 Å². The van der Waals surface area contributed by atoms with Gasteiger partial charge in [0.25, 0.3) is 0 Å². The summed E-state index contributed by atoms with van der Waals surface area (Å²) in [6, 6.07) is 14.6. The molecule has 0 radical (unpaired) electrons. The summed E-state index contributed by atoms with van der Waals surface area (Å²) in [7, 11) is 0. The highest BCUT2D eigenvalue weighted by Gasteiger charge is 2.66. The van der Waals surface area contributed by atoms with Gasteiger partial charge in [0.15, 0.2) is 0 Å². The van der Waals surface area contributed by atoms with Gasteiger partial charge in [-0.05, 0) is 41.2 Å². The van der Waals surface area contributed by atoms with E-state index in [1.165, 1.54) is 42.4 Å². The number of ether oxygens (including phenoxy) is 1. The molecule has 7 rings (SSSR count). The standard InChI is InChI=1S/C31H38N2O4.C4H8/c1-3-7-20(8-4-2)27-24-12-11-21(29(34)35)17-26(24)33-19-31(30(36)32-13-15-37-16-14-32)18-25(31)22-9-5-6-10-23(22)28(27)33;1-2-4-3-1/h5-6,9-12,17,20,25,27-28H,3-4,7-8,13-16,18-19H2,1-2H3,(H,34,35);1-4H2/t25-,27?,28?,31-;/m1./s1. The van der Waals surface area contributed by atoms with Crippen LogP contribution in [0.1, 0.15) is 117 Å². The Balaban J connectivity index is 0.000000697. The van der Waals surface area contributed by atoms with Gasteiger partial charge in [0.1, 0.15) is 0 Å². The number of nitrogens with zero attached hydrogens (tertiary/aromatic N) is 2. The summed E-state index contributed by atoms with van der Waals surface area (Å²) in [6.45, 7) is 7.65. The Hall–Kier alpha value is -2.86. The topological polar surface area (TPSA) is 70.1 Å². The first-order chi connectivity index (χ1) is 20.0. The number of benzene rings is 2. The quantitative estimate of drug-likeness (QED) is 0.391. The molecule has 0 spiro atoms. The Kier molecular flexibility index (Phi) is 8.13. The summed E-state index contributed by atoms with van der Waals surface area (Å²) in [6.07, 6.45) is 11.4. The lowest BCUT2D eigenvalue weighted by Gasteiger charge is -2.37. The average Bonchev–Trinajstić information content (AvgIpc) is 3.62. The molecule has 2 aromatic rings. The van der Waals surface area contributed by atoms with E-state index in [1.807, 2.05) is 11.0 Å². The molecule has 41 heavy (non-hydrogen) atoms. The molecule has 1 amide bonds. The maximum atomic E-state index is 14.1. The van der Waals surface area contributed by atoms with Gasteiger partial charge in [-0.1, -0.05) is 95.5 Å². The molecule has 1 saturated heterocycles. The van der Waals surface area contributed by atoms with Gasteiger partial charge in [-0.25, -0.2) is 4.79 Å². The molecule has 2 saturated carbocycles. The summed E-state index contributed by atoms with van der Waals surface area (Å²) in [5, 5.41) is 9.85. The predicted molar refractivity (Wildman–Crippen MR) is 162 cm³/mol. The third-order valence-electron chi connectivity index (χ3n) is 10.4. The summed E-state index contributed by atoms with van der Waals surface area (Å²) in [5.74, 6) is 0.348. The van der Waals surface area contributed by atoms with Crippen LogP contribution in [0, 0.1) is 11.3 Å². The van der Waals surface area contributed by atoms with Crippen molar-refractivity contribution in [3.8, 4) is 0 Å². The van der Waals surface area contributed by atoms with Crippen molar-refractivity contribution in [1.29, 1.82) is 0 Å². The fourth-order valence-electron chi connectivity index (χ4n) is 7.95. The molecule has 3 aliphatic heterocycles. The van der Waals surface area contributed by atoms with Gasteiger partial charge in [0, 0.05) is 37.2 Å². The molecular formula is C35H46N2O4. The summed E-state index contributed by atoms with van der Waals surface area (Å²) in [5.41, 5.74) is 4.78. The van der Waals surface area contributed by atoms with Gasteiger partial charge in [-0.3, -0.25) is 4.79 Å². The van der Waals surface area contributed by atoms with Gasteiger partial charge in [-0.15, -0.1) is 0 Å². The number of carboxylic acids is 1. The number of anilines is 1. The van der Waals surface area contributed by atoms with Crippen LogP contribution in [0.3, 0.4) is 0 Å². The Morgan fingerprint density at radius 1 is 0.951 bits per heavy atom. The summed E-state index contributed by atoms with van der Waals surface area (Å²) in [4.78, 5) is 30.6. The zero-order valence-electron chi connectivity index (χ0n) is 24.8. The van der Waals surface area contributed by atoms with Crippen LogP contribution >= 0.6 is 0 Å². The summed E-state index contributed by atoms with van der Waals surface area (Å²) >= 11 is 0. The van der Waals surface area contributed by atoms with Gasteiger partial charge in [0.05, 0.1) is 30.2 Å². The number of carbonyl (C=O) groups excluding carboxylic acids is 1. The van der Waals surface area contributed by atoms with E-state index >= 15 is 0 Å². The van der Waals surface area contributed by atoms with Gasteiger partial charge in [-0.2, -0.15) is 0 Å². The largest absolute Gasteiger partial charge is 0.478 e. The molecule has 3 heterocycles. The molecular weight excluding hydrogens is 512 g/mol. The molecule has 220 valence electrons. The fraction of sp³-hybridized carbons (Fsp3) is 0.600. The second kappa shape index (κ2) is 11.8. The maximum Gasteiger partial charge on any atom is 0.335 e. The lowest BCUT2D eigenvalue weighted by Crippen LogP contribution is -2.48. The monoisotopic (exact) mass is 558 g/mol. The number of hydrogen-bond donors (Lipinski definition) is 1. The third-order valence-corrected chi connectivity index (χ3v) is 10.4. The van der Waals surface area contributed by atoms with Gasteiger partial charge >= 0.3 is 5.97 Å². The molecule has 5 aliphatic rings. The number of carboxylic acid groups (broad SMARTS) is 1. The van der Waals surface area contributed by atoms with Crippen LogP contribution in [-0.4, -0.2) is 54.7 Å². The number of aromatic carboxylic acids is 1. The summed E-state index contributed by atoms with van der Waals surface area (Å²) < 4.78 is 5.54. The van der Waals surface area contributed by atoms with Crippen LogP contribution in [0.25, 0.3) is 0 Å². The van der Waals surface area contributed by atoms with E-state index in [0.717, 1.165) is 37.8 Å². The SMILES string of the molecule is C1CCC1.CCCC(CCC)C1c2ccc(C(=O)O)cc2N2C[C@]3(C(=O)N4CCOCC4)C[C@@H]3c3ccccc3C12. The number of carbonyl (C=O) groups is 2. The molecule has 0 aromatic heterocycles. The van der Waals surface area contributed by atoms with Crippen molar-refractivity contribution in [3.63, 3.8) is 0 Å². The smallest absolute Gasteiger partial charge is 0.335 e. The maximum absolute atomic E-state index is 14.1. The van der Waals surface area contributed by atoms with Crippen LogP contribution in [0.2, 0.25) is 0 Å². The van der Waals surface area contributed by atoms with E-state index < -0.39 is 11.4 Å². The van der Waals surface area contributed by atoms with E-state index in [-0.39, 0.29) is 23.8 Å². The fourth-order valence-corrected chi connectivity index (χ4v) is 7.95. The van der Waals surface area contributed by atoms with Crippen molar-refractivity contribution in [3.05, 3.63) is 64.7 Å². The molecule has 3 fully saturated rings. The first-order valence-electron chi connectivity index (χ1n) is 16.1. The van der Waals surface area contributed by atoms with Crippen molar-refractivity contribution in [1.82, 2.24) is 4.90 Å². The molecule has 2 unspecified atom stereocenters. The van der Waals surface area contributed by atoms with Crippen molar-refractivity contribution in [2.24, 2.45) is 11.3 Å². The van der Waals surface area contributed by atoms with E-state index in [0.29, 0.717) is 44.3 Å². The Labute approximate surface area is 245 Å². The minimum Gasteiger partial charge on any atom is -0.478 e. The number of rotatable bonds is 7. The zero-order valence-corrected chi connectivity index (χ0v) is 24.8. The normalized spacial score (nSPS) is 27.3.